The standard InChI is InChI=1S/C16H21NO/c1-5-12-8-7-9-14(13(12)6-2)16(18)15(17)10-11(3)4/h5-9,11,15H,1-2,10,17H2,3-4H3/t15-/m0/s1. The lowest BCUT2D eigenvalue weighted by molar-refractivity contribution is 0.0951. The molecule has 0 spiro atoms. The number of ketones is 1. The van der Waals surface area contributed by atoms with Crippen molar-refractivity contribution in [3.8, 4) is 0 Å². The number of Topliss-reactive ketones (excluding diaryl/α,β-unsaturated/α-hetero) is 1. The fourth-order valence-corrected chi connectivity index (χ4v) is 2.02. The van der Waals surface area contributed by atoms with Crippen LogP contribution in [-0.4, -0.2) is 11.8 Å². The average Bonchev–Trinajstić information content (AvgIpc) is 2.35. The van der Waals surface area contributed by atoms with Gasteiger partial charge >= 0.3 is 0 Å². The summed E-state index contributed by atoms with van der Waals surface area (Å²) >= 11 is 0. The Morgan fingerprint density at radius 1 is 1.33 bits per heavy atom. The van der Waals surface area contributed by atoms with Crippen LogP contribution in [0.4, 0.5) is 0 Å². The Balaban J connectivity index is 3.13. The summed E-state index contributed by atoms with van der Waals surface area (Å²) in [7, 11) is 0. The smallest absolute Gasteiger partial charge is 0.180 e. The summed E-state index contributed by atoms with van der Waals surface area (Å²) in [5.74, 6) is 0.376. The molecule has 0 radical (unpaired) electrons. The third-order valence-electron chi connectivity index (χ3n) is 2.89. The summed E-state index contributed by atoms with van der Waals surface area (Å²) < 4.78 is 0. The highest BCUT2D eigenvalue weighted by Crippen LogP contribution is 2.20. The molecule has 96 valence electrons. The summed E-state index contributed by atoms with van der Waals surface area (Å²) in [5.41, 5.74) is 8.32. The molecule has 1 rings (SSSR count). The maximum Gasteiger partial charge on any atom is 0.180 e. The Morgan fingerprint density at radius 3 is 2.50 bits per heavy atom. The number of nitrogens with two attached hydrogens (primary N) is 1. The van der Waals surface area contributed by atoms with E-state index >= 15 is 0 Å². The number of hydrogen-bond donors (Lipinski definition) is 1. The van der Waals surface area contributed by atoms with Crippen molar-refractivity contribution in [1.29, 1.82) is 0 Å². The van der Waals surface area contributed by atoms with E-state index in [9.17, 15) is 4.79 Å². The Hall–Kier alpha value is -1.67. The number of hydrogen-bond acceptors (Lipinski definition) is 2. The van der Waals surface area contributed by atoms with Crippen molar-refractivity contribution < 1.29 is 4.79 Å². The predicted molar refractivity (Wildman–Crippen MR) is 78.4 cm³/mol. The van der Waals surface area contributed by atoms with Crippen LogP contribution in [-0.2, 0) is 0 Å². The molecule has 0 saturated heterocycles. The maximum atomic E-state index is 12.3. The van der Waals surface area contributed by atoms with Crippen LogP contribution < -0.4 is 5.73 Å². The second kappa shape index (κ2) is 6.31. The first kappa shape index (κ1) is 14.4. The molecule has 2 N–H and O–H groups in total. The number of rotatable bonds is 6. The van der Waals surface area contributed by atoms with Crippen LogP contribution in [0.25, 0.3) is 12.2 Å². The van der Waals surface area contributed by atoms with Crippen LogP contribution >= 0.6 is 0 Å². The molecule has 2 heteroatoms. The minimum atomic E-state index is -0.455. The van der Waals surface area contributed by atoms with E-state index in [0.29, 0.717) is 17.9 Å². The Labute approximate surface area is 109 Å². The fraction of sp³-hybridized carbons (Fsp3) is 0.312. The molecule has 0 aliphatic rings. The van der Waals surface area contributed by atoms with Gasteiger partial charge < -0.3 is 5.73 Å². The number of benzene rings is 1. The zero-order valence-corrected chi connectivity index (χ0v) is 11.1. The molecular formula is C16H21NO. The van der Waals surface area contributed by atoms with Crippen molar-refractivity contribution in [3.63, 3.8) is 0 Å². The van der Waals surface area contributed by atoms with E-state index < -0.39 is 6.04 Å². The highest BCUT2D eigenvalue weighted by molar-refractivity contribution is 6.03. The summed E-state index contributed by atoms with van der Waals surface area (Å²) in [6.45, 7) is 11.6. The summed E-state index contributed by atoms with van der Waals surface area (Å²) in [6, 6.07) is 5.10. The Bertz CT molecular complexity index is 460. The highest BCUT2D eigenvalue weighted by atomic mass is 16.1. The zero-order chi connectivity index (χ0) is 13.7. The SMILES string of the molecule is C=Cc1cccc(C(=O)[C@@H](N)CC(C)C)c1C=C. The first-order chi connectivity index (χ1) is 8.51. The van der Waals surface area contributed by atoms with Crippen molar-refractivity contribution in [3.05, 3.63) is 48.0 Å². The molecule has 0 amide bonds. The van der Waals surface area contributed by atoms with Gasteiger partial charge in [0.2, 0.25) is 0 Å². The van der Waals surface area contributed by atoms with Crippen LogP contribution in [0.3, 0.4) is 0 Å². The molecule has 0 heterocycles. The largest absolute Gasteiger partial charge is 0.321 e. The number of carbonyl (C=O) groups excluding carboxylic acids is 1. The highest BCUT2D eigenvalue weighted by Gasteiger charge is 2.19. The third kappa shape index (κ3) is 3.17. The lowest BCUT2D eigenvalue weighted by Crippen LogP contribution is -2.32. The molecule has 0 aromatic heterocycles. The molecular weight excluding hydrogens is 222 g/mol. The van der Waals surface area contributed by atoms with E-state index in [2.05, 4.69) is 27.0 Å². The van der Waals surface area contributed by atoms with Crippen LogP contribution in [0.2, 0.25) is 0 Å². The first-order valence-electron chi connectivity index (χ1n) is 6.19. The summed E-state index contributed by atoms with van der Waals surface area (Å²) in [6.07, 6.45) is 4.10. The minimum Gasteiger partial charge on any atom is -0.321 e. The molecule has 0 saturated carbocycles. The van der Waals surface area contributed by atoms with Gasteiger partial charge in [0.05, 0.1) is 6.04 Å². The second-order valence-electron chi connectivity index (χ2n) is 4.82. The van der Waals surface area contributed by atoms with Gasteiger partial charge in [0.1, 0.15) is 0 Å². The van der Waals surface area contributed by atoms with Gasteiger partial charge in [-0.15, -0.1) is 0 Å². The van der Waals surface area contributed by atoms with E-state index in [1.165, 1.54) is 0 Å². The van der Waals surface area contributed by atoms with E-state index in [1.807, 2.05) is 12.1 Å². The van der Waals surface area contributed by atoms with E-state index in [-0.39, 0.29) is 5.78 Å². The van der Waals surface area contributed by atoms with Crippen LogP contribution in [0, 0.1) is 5.92 Å². The molecule has 1 aromatic rings. The van der Waals surface area contributed by atoms with Crippen molar-refractivity contribution in [2.45, 2.75) is 26.3 Å². The molecule has 0 fully saturated rings. The van der Waals surface area contributed by atoms with Gasteiger partial charge in [-0.3, -0.25) is 4.79 Å². The lowest BCUT2D eigenvalue weighted by atomic mass is 9.91. The van der Waals surface area contributed by atoms with Crippen LogP contribution in [0.1, 0.15) is 41.8 Å². The van der Waals surface area contributed by atoms with Gasteiger partial charge in [-0.25, -0.2) is 0 Å². The third-order valence-corrected chi connectivity index (χ3v) is 2.89. The quantitative estimate of drug-likeness (QED) is 0.777. The number of carbonyl (C=O) groups is 1. The molecule has 0 bridgehead atoms. The second-order valence-corrected chi connectivity index (χ2v) is 4.82. The van der Waals surface area contributed by atoms with Gasteiger partial charge in [0, 0.05) is 5.56 Å². The van der Waals surface area contributed by atoms with Gasteiger partial charge in [-0.05, 0) is 23.5 Å². The monoisotopic (exact) mass is 243 g/mol. The van der Waals surface area contributed by atoms with E-state index in [0.717, 1.165) is 11.1 Å². The van der Waals surface area contributed by atoms with E-state index in [4.69, 9.17) is 5.73 Å². The molecule has 18 heavy (non-hydrogen) atoms. The maximum absolute atomic E-state index is 12.3. The van der Waals surface area contributed by atoms with Crippen molar-refractivity contribution in [1.82, 2.24) is 0 Å². The molecule has 2 nitrogen and oxygen atoms in total. The summed E-state index contributed by atoms with van der Waals surface area (Å²) in [4.78, 5) is 12.3. The van der Waals surface area contributed by atoms with Crippen LogP contribution in [0.5, 0.6) is 0 Å². The van der Waals surface area contributed by atoms with Gasteiger partial charge in [-0.2, -0.15) is 0 Å². The Kier molecular flexibility index (Phi) is 5.05. The molecule has 1 aromatic carbocycles. The lowest BCUT2D eigenvalue weighted by Gasteiger charge is -2.15. The van der Waals surface area contributed by atoms with Gasteiger partial charge in [0.15, 0.2) is 5.78 Å². The molecule has 0 aliphatic heterocycles. The average molecular weight is 243 g/mol. The van der Waals surface area contributed by atoms with Gasteiger partial charge in [0.25, 0.3) is 0 Å². The molecule has 0 unspecified atom stereocenters. The topological polar surface area (TPSA) is 43.1 Å². The van der Waals surface area contributed by atoms with Crippen molar-refractivity contribution >= 4 is 17.9 Å². The van der Waals surface area contributed by atoms with E-state index in [1.54, 1.807) is 18.2 Å². The fourth-order valence-electron chi connectivity index (χ4n) is 2.02. The Morgan fingerprint density at radius 2 is 2.00 bits per heavy atom. The first-order valence-corrected chi connectivity index (χ1v) is 6.19. The predicted octanol–water partition coefficient (Wildman–Crippen LogP) is 3.53. The zero-order valence-electron chi connectivity index (χ0n) is 11.1. The molecule has 0 aliphatic carbocycles. The summed E-state index contributed by atoms with van der Waals surface area (Å²) in [5, 5.41) is 0. The van der Waals surface area contributed by atoms with Crippen molar-refractivity contribution in [2.75, 3.05) is 0 Å². The van der Waals surface area contributed by atoms with Crippen LogP contribution in [0.15, 0.2) is 31.4 Å². The molecule has 1 atom stereocenters. The van der Waals surface area contributed by atoms with Gasteiger partial charge in [-0.1, -0.05) is 57.4 Å². The van der Waals surface area contributed by atoms with Crippen molar-refractivity contribution in [2.24, 2.45) is 11.7 Å². The normalized spacial score (nSPS) is 12.2. The minimum absolute atomic E-state index is 0.0256.